The molecule has 1 atom stereocenters. The maximum Gasteiger partial charge on any atom is 0.263 e. The van der Waals surface area contributed by atoms with Crippen LogP contribution in [0.15, 0.2) is 48.5 Å². The molecule has 0 aliphatic heterocycles. The quantitative estimate of drug-likeness (QED) is 0.776. The standard InChI is InChI=1S/C20H22N2O3/c1-4-24-18-11-9-16(10-12-18)14-22(3)20(23)15(2)25-19-8-6-5-7-17(19)13-21/h5-12,15H,4,14H2,1-3H3. The molecule has 2 rings (SSSR count). The number of rotatable bonds is 7. The number of hydrogen-bond acceptors (Lipinski definition) is 4. The zero-order valence-electron chi connectivity index (χ0n) is 14.7. The Balaban J connectivity index is 1.97. The van der Waals surface area contributed by atoms with Crippen LogP contribution in [0.2, 0.25) is 0 Å². The van der Waals surface area contributed by atoms with Gasteiger partial charge in [-0.2, -0.15) is 5.26 Å². The van der Waals surface area contributed by atoms with Crippen molar-refractivity contribution in [1.29, 1.82) is 5.26 Å². The van der Waals surface area contributed by atoms with Gasteiger partial charge < -0.3 is 14.4 Å². The van der Waals surface area contributed by atoms with Gasteiger partial charge in [0.25, 0.3) is 5.91 Å². The smallest absolute Gasteiger partial charge is 0.263 e. The number of amides is 1. The van der Waals surface area contributed by atoms with Crippen LogP contribution in [0.1, 0.15) is 25.0 Å². The third-order valence-electron chi connectivity index (χ3n) is 3.69. The SMILES string of the molecule is CCOc1ccc(CN(C)C(=O)C(C)Oc2ccccc2C#N)cc1. The van der Waals surface area contributed by atoms with Crippen LogP contribution >= 0.6 is 0 Å². The molecule has 2 aromatic rings. The second-order valence-electron chi connectivity index (χ2n) is 5.64. The molecule has 0 aliphatic rings. The van der Waals surface area contributed by atoms with Gasteiger partial charge in [0.05, 0.1) is 12.2 Å². The second-order valence-corrected chi connectivity index (χ2v) is 5.64. The molecule has 0 spiro atoms. The average molecular weight is 338 g/mol. The van der Waals surface area contributed by atoms with Gasteiger partial charge >= 0.3 is 0 Å². The highest BCUT2D eigenvalue weighted by Crippen LogP contribution is 2.19. The van der Waals surface area contributed by atoms with E-state index >= 15 is 0 Å². The van der Waals surface area contributed by atoms with Gasteiger partial charge in [-0.3, -0.25) is 4.79 Å². The third kappa shape index (κ3) is 4.98. The summed E-state index contributed by atoms with van der Waals surface area (Å²) in [6.07, 6.45) is -0.679. The lowest BCUT2D eigenvalue weighted by Crippen LogP contribution is -2.37. The first-order valence-electron chi connectivity index (χ1n) is 8.17. The number of likely N-dealkylation sites (N-methyl/N-ethyl adjacent to an activating group) is 1. The summed E-state index contributed by atoms with van der Waals surface area (Å²) in [7, 11) is 1.73. The molecule has 0 aromatic heterocycles. The van der Waals surface area contributed by atoms with E-state index in [4.69, 9.17) is 14.7 Å². The van der Waals surface area contributed by atoms with Gasteiger partial charge in [-0.05, 0) is 43.7 Å². The summed E-state index contributed by atoms with van der Waals surface area (Å²) in [5.74, 6) is 1.08. The average Bonchev–Trinajstić information content (AvgIpc) is 2.63. The molecule has 0 saturated carbocycles. The Kier molecular flexibility index (Phi) is 6.41. The van der Waals surface area contributed by atoms with E-state index < -0.39 is 6.10 Å². The Morgan fingerprint density at radius 2 is 1.88 bits per heavy atom. The lowest BCUT2D eigenvalue weighted by Gasteiger charge is -2.22. The van der Waals surface area contributed by atoms with Crippen LogP contribution in [0.5, 0.6) is 11.5 Å². The van der Waals surface area contributed by atoms with Crippen LogP contribution in [-0.4, -0.2) is 30.6 Å². The molecule has 5 nitrogen and oxygen atoms in total. The molecule has 0 aliphatic carbocycles. The fraction of sp³-hybridized carbons (Fsp3) is 0.300. The highest BCUT2D eigenvalue weighted by Gasteiger charge is 2.20. The molecule has 1 unspecified atom stereocenters. The number of carbonyl (C=O) groups excluding carboxylic acids is 1. The Morgan fingerprint density at radius 3 is 2.52 bits per heavy atom. The van der Waals surface area contributed by atoms with Gasteiger partial charge in [-0.1, -0.05) is 24.3 Å². The first-order chi connectivity index (χ1) is 12.0. The van der Waals surface area contributed by atoms with Crippen LogP contribution in [0.25, 0.3) is 0 Å². The van der Waals surface area contributed by atoms with Crippen molar-refractivity contribution in [2.45, 2.75) is 26.5 Å². The molecule has 25 heavy (non-hydrogen) atoms. The molecule has 5 heteroatoms. The van der Waals surface area contributed by atoms with E-state index in [1.165, 1.54) is 0 Å². The van der Waals surface area contributed by atoms with Crippen LogP contribution in [0.3, 0.4) is 0 Å². The number of nitrogens with zero attached hydrogens (tertiary/aromatic N) is 2. The molecule has 0 saturated heterocycles. The molecule has 0 heterocycles. The Bertz CT molecular complexity index is 750. The number of hydrogen-bond donors (Lipinski definition) is 0. The largest absolute Gasteiger partial charge is 0.494 e. The zero-order valence-corrected chi connectivity index (χ0v) is 14.7. The minimum absolute atomic E-state index is 0.151. The monoisotopic (exact) mass is 338 g/mol. The van der Waals surface area contributed by atoms with Crippen LogP contribution in [0.4, 0.5) is 0 Å². The van der Waals surface area contributed by atoms with Crippen molar-refractivity contribution in [2.75, 3.05) is 13.7 Å². The first-order valence-corrected chi connectivity index (χ1v) is 8.17. The van der Waals surface area contributed by atoms with E-state index in [9.17, 15) is 4.79 Å². The van der Waals surface area contributed by atoms with Crippen molar-refractivity contribution in [3.05, 3.63) is 59.7 Å². The van der Waals surface area contributed by atoms with Crippen molar-refractivity contribution >= 4 is 5.91 Å². The van der Waals surface area contributed by atoms with Crippen molar-refractivity contribution < 1.29 is 14.3 Å². The maximum atomic E-state index is 12.5. The van der Waals surface area contributed by atoms with Gasteiger partial charge in [0.15, 0.2) is 6.10 Å². The van der Waals surface area contributed by atoms with Gasteiger partial charge in [0, 0.05) is 13.6 Å². The Labute approximate surface area is 148 Å². The number of carbonyl (C=O) groups is 1. The normalized spacial score (nSPS) is 11.3. The summed E-state index contributed by atoms with van der Waals surface area (Å²) >= 11 is 0. The summed E-state index contributed by atoms with van der Waals surface area (Å²) in [6.45, 7) is 4.72. The van der Waals surface area contributed by atoms with Crippen molar-refractivity contribution in [1.82, 2.24) is 4.90 Å². The molecule has 0 radical (unpaired) electrons. The van der Waals surface area contributed by atoms with E-state index in [0.29, 0.717) is 24.5 Å². The molecule has 0 bridgehead atoms. The summed E-state index contributed by atoms with van der Waals surface area (Å²) in [4.78, 5) is 14.1. The van der Waals surface area contributed by atoms with Crippen molar-refractivity contribution in [3.8, 4) is 17.6 Å². The van der Waals surface area contributed by atoms with E-state index in [1.807, 2.05) is 31.2 Å². The first kappa shape index (κ1) is 18.3. The lowest BCUT2D eigenvalue weighted by atomic mass is 10.2. The van der Waals surface area contributed by atoms with Gasteiger partial charge in [-0.15, -0.1) is 0 Å². The summed E-state index contributed by atoms with van der Waals surface area (Å²) in [6, 6.07) is 16.6. The Hall–Kier alpha value is -3.00. The van der Waals surface area contributed by atoms with Crippen molar-refractivity contribution in [2.24, 2.45) is 0 Å². The topological polar surface area (TPSA) is 62.6 Å². The fourth-order valence-corrected chi connectivity index (χ4v) is 2.42. The molecule has 0 N–H and O–H groups in total. The molecule has 2 aromatic carbocycles. The number of para-hydroxylation sites is 1. The van der Waals surface area contributed by atoms with E-state index in [2.05, 4.69) is 6.07 Å². The Morgan fingerprint density at radius 1 is 1.20 bits per heavy atom. The summed E-state index contributed by atoms with van der Waals surface area (Å²) in [5.41, 5.74) is 1.42. The highest BCUT2D eigenvalue weighted by molar-refractivity contribution is 5.80. The van der Waals surface area contributed by atoms with E-state index in [0.717, 1.165) is 11.3 Å². The van der Waals surface area contributed by atoms with Crippen molar-refractivity contribution in [3.63, 3.8) is 0 Å². The van der Waals surface area contributed by atoms with Crippen LogP contribution in [0, 0.1) is 11.3 Å². The second kappa shape index (κ2) is 8.74. The predicted octanol–water partition coefficient (Wildman–Crippen LogP) is 3.38. The summed E-state index contributed by atoms with van der Waals surface area (Å²) < 4.78 is 11.1. The number of benzene rings is 2. The number of nitriles is 1. The minimum Gasteiger partial charge on any atom is -0.494 e. The van der Waals surface area contributed by atoms with Crippen LogP contribution < -0.4 is 9.47 Å². The highest BCUT2D eigenvalue weighted by atomic mass is 16.5. The predicted molar refractivity (Wildman–Crippen MR) is 95.3 cm³/mol. The fourth-order valence-electron chi connectivity index (χ4n) is 2.42. The minimum atomic E-state index is -0.679. The van der Waals surface area contributed by atoms with E-state index in [-0.39, 0.29) is 5.91 Å². The maximum absolute atomic E-state index is 12.5. The molecule has 1 amide bonds. The third-order valence-corrected chi connectivity index (χ3v) is 3.69. The van der Waals surface area contributed by atoms with E-state index in [1.54, 1.807) is 43.1 Å². The molecule has 130 valence electrons. The summed E-state index contributed by atoms with van der Waals surface area (Å²) in [5, 5.41) is 9.10. The molecular formula is C20H22N2O3. The van der Waals surface area contributed by atoms with Gasteiger partial charge in [-0.25, -0.2) is 0 Å². The number of ether oxygens (including phenoxy) is 2. The van der Waals surface area contributed by atoms with Crippen LogP contribution in [-0.2, 0) is 11.3 Å². The zero-order chi connectivity index (χ0) is 18.2. The molecular weight excluding hydrogens is 316 g/mol. The van der Waals surface area contributed by atoms with Gasteiger partial charge in [0.1, 0.15) is 17.6 Å². The molecule has 0 fully saturated rings. The lowest BCUT2D eigenvalue weighted by molar-refractivity contribution is -0.137. The van der Waals surface area contributed by atoms with Gasteiger partial charge in [0.2, 0.25) is 0 Å².